The van der Waals surface area contributed by atoms with Gasteiger partial charge in [0.25, 0.3) is 5.91 Å². The van der Waals surface area contributed by atoms with Crippen molar-refractivity contribution in [2.45, 2.75) is 50.9 Å². The van der Waals surface area contributed by atoms with Crippen LogP contribution in [0.15, 0.2) is 76.8 Å². The number of nitrogens with one attached hydrogen (secondary N) is 2. The van der Waals surface area contributed by atoms with Crippen LogP contribution in [0.3, 0.4) is 0 Å². The van der Waals surface area contributed by atoms with Gasteiger partial charge in [-0.3, -0.25) is 15.0 Å². The van der Waals surface area contributed by atoms with Gasteiger partial charge in [-0.25, -0.2) is 15.3 Å². The zero-order chi connectivity index (χ0) is 31.3. The Kier molecular flexibility index (Phi) is 9.18. The molecule has 44 heavy (non-hydrogen) atoms. The number of guanidine groups is 1. The zero-order valence-electron chi connectivity index (χ0n) is 23.3. The summed E-state index contributed by atoms with van der Waals surface area (Å²) in [5.74, 6) is -1.12. The summed E-state index contributed by atoms with van der Waals surface area (Å²) in [7, 11) is 0. The molecule has 1 aliphatic carbocycles. The van der Waals surface area contributed by atoms with Crippen molar-refractivity contribution in [2.24, 2.45) is 15.8 Å². The van der Waals surface area contributed by atoms with E-state index in [-0.39, 0.29) is 22.8 Å². The number of fused-ring (bicyclic) bond motifs is 1. The van der Waals surface area contributed by atoms with Crippen molar-refractivity contribution in [3.63, 3.8) is 0 Å². The molecule has 1 aliphatic rings. The topological polar surface area (TPSA) is 146 Å². The number of rotatable bonds is 7. The number of hydrogen-bond donors (Lipinski definition) is 3. The third-order valence-electron chi connectivity index (χ3n) is 7.22. The second kappa shape index (κ2) is 13.2. The molecular formula is C30H28F3N7O3S. The molecule has 3 amide bonds. The fraction of sp³-hybridized carbons (Fsp3) is 0.267. The molecule has 1 fully saturated rings. The van der Waals surface area contributed by atoms with Crippen molar-refractivity contribution in [1.82, 2.24) is 4.98 Å². The number of nitrogens with zero attached hydrogens (tertiary/aromatic N) is 4. The Morgan fingerprint density at radius 2 is 1.75 bits per heavy atom. The molecule has 0 atom stereocenters. The highest BCUT2D eigenvalue weighted by Gasteiger charge is 2.32. The maximum atomic E-state index is 13.7. The van der Waals surface area contributed by atoms with E-state index in [9.17, 15) is 22.8 Å². The lowest BCUT2D eigenvalue weighted by atomic mass is 9.84. The van der Waals surface area contributed by atoms with E-state index in [1.165, 1.54) is 47.9 Å². The molecule has 1 aromatic heterocycles. The number of aromatic nitrogens is 1. The molecule has 0 saturated heterocycles. The highest BCUT2D eigenvalue weighted by Crippen LogP contribution is 2.36. The van der Waals surface area contributed by atoms with Crippen molar-refractivity contribution in [1.29, 1.82) is 5.53 Å². The van der Waals surface area contributed by atoms with Gasteiger partial charge < -0.3 is 10.5 Å². The summed E-state index contributed by atoms with van der Waals surface area (Å²) in [6.07, 6.45) is 0.968. The lowest BCUT2D eigenvalue weighted by Crippen LogP contribution is -2.34. The van der Waals surface area contributed by atoms with Gasteiger partial charge in [-0.15, -0.1) is 18.3 Å². The molecule has 228 valence electrons. The average molecular weight is 624 g/mol. The number of benzene rings is 3. The largest absolute Gasteiger partial charge is 0.573 e. The van der Waals surface area contributed by atoms with Crippen LogP contribution in [0.5, 0.6) is 5.75 Å². The molecule has 1 heterocycles. The van der Waals surface area contributed by atoms with Gasteiger partial charge in [0.05, 0.1) is 11.2 Å². The molecule has 0 unspecified atom stereocenters. The molecule has 0 aliphatic heterocycles. The number of ether oxygens (including phenoxy) is 1. The highest BCUT2D eigenvalue weighted by atomic mass is 32.1. The lowest BCUT2D eigenvalue weighted by molar-refractivity contribution is -0.274. The van der Waals surface area contributed by atoms with Gasteiger partial charge in [0.15, 0.2) is 10.9 Å². The number of amides is 3. The monoisotopic (exact) mass is 623 g/mol. The van der Waals surface area contributed by atoms with Gasteiger partial charge in [0.1, 0.15) is 5.52 Å². The predicted octanol–water partition coefficient (Wildman–Crippen LogP) is 7.97. The van der Waals surface area contributed by atoms with Gasteiger partial charge in [0.2, 0.25) is 5.96 Å². The number of nitrogens with two attached hydrogens (primary N) is 1. The van der Waals surface area contributed by atoms with E-state index in [2.05, 4.69) is 25.1 Å². The first-order valence-electron chi connectivity index (χ1n) is 13.8. The summed E-state index contributed by atoms with van der Waals surface area (Å²) >= 11 is 1.02. The van der Waals surface area contributed by atoms with Gasteiger partial charge >= 0.3 is 12.4 Å². The van der Waals surface area contributed by atoms with Crippen LogP contribution in [0.25, 0.3) is 10.2 Å². The minimum absolute atomic E-state index is 0.0183. The first-order chi connectivity index (χ1) is 21.1. The summed E-state index contributed by atoms with van der Waals surface area (Å²) < 4.78 is 43.3. The summed E-state index contributed by atoms with van der Waals surface area (Å²) in [4.78, 5) is 35.1. The number of anilines is 2. The van der Waals surface area contributed by atoms with Gasteiger partial charge in [0, 0.05) is 11.3 Å². The van der Waals surface area contributed by atoms with Crippen LogP contribution < -0.4 is 20.7 Å². The number of urea groups is 1. The number of thiazole rings is 1. The van der Waals surface area contributed by atoms with Gasteiger partial charge in [-0.2, -0.15) is 4.99 Å². The van der Waals surface area contributed by atoms with Crippen molar-refractivity contribution < 1.29 is 27.5 Å². The minimum Gasteiger partial charge on any atom is -0.403 e. The van der Waals surface area contributed by atoms with E-state index in [1.54, 1.807) is 18.2 Å². The number of hydrogen-bond acceptors (Lipinski definition) is 6. The Hall–Kier alpha value is -4.85. The molecular weight excluding hydrogens is 595 g/mol. The molecule has 0 radical (unpaired) electrons. The van der Waals surface area contributed by atoms with E-state index in [0.29, 0.717) is 21.9 Å². The Bertz CT molecular complexity index is 1680. The predicted molar refractivity (Wildman–Crippen MR) is 161 cm³/mol. The third kappa shape index (κ3) is 7.56. The number of aliphatic imine (C=N–C) groups is 1. The minimum atomic E-state index is -4.89. The van der Waals surface area contributed by atoms with Crippen LogP contribution in [-0.2, 0) is 6.54 Å². The molecule has 3 aromatic carbocycles. The van der Waals surface area contributed by atoms with E-state index in [0.717, 1.165) is 30.2 Å². The maximum absolute atomic E-state index is 13.7. The third-order valence-corrected chi connectivity index (χ3v) is 8.16. The van der Waals surface area contributed by atoms with Gasteiger partial charge in [-0.05, 0) is 66.3 Å². The molecule has 0 spiro atoms. The van der Waals surface area contributed by atoms with Crippen LogP contribution in [-0.4, -0.2) is 29.2 Å². The van der Waals surface area contributed by atoms with Crippen LogP contribution in [0.4, 0.5) is 28.8 Å². The van der Waals surface area contributed by atoms with Crippen molar-refractivity contribution in [2.75, 3.05) is 10.2 Å². The van der Waals surface area contributed by atoms with Crippen molar-refractivity contribution >= 4 is 50.3 Å². The van der Waals surface area contributed by atoms with Crippen molar-refractivity contribution in [3.05, 3.63) is 83.4 Å². The number of halogens is 3. The first kappa shape index (κ1) is 30.6. The number of carbonyl (C=O) groups is 2. The standard InChI is InChI=1S/C30H28F3N7O3S/c31-30(32,33)43-23-7-4-8-24-25(23)36-28(44-24)38-29(42)40(22-15-13-20(14-16-22)19-5-2-1-3-6-19)17-18-9-11-21(12-10-18)26(41)37-27(34)39-35/h4,7-16,19,35H,1-3,5-6,17H2,(H2,34,37,41)(H,36,38,42). The molecule has 10 nitrogen and oxygen atoms in total. The highest BCUT2D eigenvalue weighted by molar-refractivity contribution is 7.22. The molecule has 1 saturated carbocycles. The summed E-state index contributed by atoms with van der Waals surface area (Å²) in [6.45, 7) is 0.101. The summed E-state index contributed by atoms with van der Waals surface area (Å²) in [5.41, 5.74) is 14.9. The second-order valence-corrected chi connectivity index (χ2v) is 11.2. The Balaban J connectivity index is 1.41. The van der Waals surface area contributed by atoms with Crippen LogP contribution in [0, 0.1) is 5.53 Å². The van der Waals surface area contributed by atoms with E-state index in [1.807, 2.05) is 24.3 Å². The van der Waals surface area contributed by atoms with Crippen LogP contribution in [0.1, 0.15) is 59.5 Å². The average Bonchev–Trinajstić information content (AvgIpc) is 3.43. The molecule has 4 aromatic rings. The Morgan fingerprint density at radius 3 is 2.41 bits per heavy atom. The van der Waals surface area contributed by atoms with Crippen LogP contribution >= 0.6 is 11.3 Å². The molecule has 0 bridgehead atoms. The quantitative estimate of drug-likeness (QED) is 0.109. The van der Waals surface area contributed by atoms with Crippen molar-refractivity contribution in [3.8, 4) is 5.75 Å². The molecule has 4 N–H and O–H groups in total. The lowest BCUT2D eigenvalue weighted by Gasteiger charge is -2.25. The molecule has 14 heteroatoms. The van der Waals surface area contributed by atoms with E-state index >= 15 is 0 Å². The zero-order valence-corrected chi connectivity index (χ0v) is 24.1. The second-order valence-electron chi connectivity index (χ2n) is 10.2. The number of carbonyl (C=O) groups excluding carboxylic acids is 2. The fourth-order valence-corrected chi connectivity index (χ4v) is 5.99. The number of alkyl halides is 3. The van der Waals surface area contributed by atoms with Gasteiger partial charge in [-0.1, -0.05) is 60.9 Å². The SMILES string of the molecule is N=NC(N)=NC(=O)c1ccc(CN(C(=O)Nc2nc3c(OC(F)(F)F)cccc3s2)c2ccc(C3CCCCC3)cc2)cc1. The smallest absolute Gasteiger partial charge is 0.403 e. The number of para-hydroxylation sites is 1. The van der Waals surface area contributed by atoms with Crippen LogP contribution in [0.2, 0.25) is 0 Å². The van der Waals surface area contributed by atoms with E-state index < -0.39 is 30.0 Å². The maximum Gasteiger partial charge on any atom is 0.573 e. The normalized spacial score (nSPS) is 14.3. The summed E-state index contributed by atoms with van der Waals surface area (Å²) in [5, 5.41) is 5.73. The fourth-order valence-electron chi connectivity index (χ4n) is 5.11. The first-order valence-corrected chi connectivity index (χ1v) is 14.6. The molecule has 5 rings (SSSR count). The Morgan fingerprint density at radius 1 is 1.05 bits per heavy atom. The van der Waals surface area contributed by atoms with E-state index in [4.69, 9.17) is 11.3 Å². The Labute approximate surface area is 254 Å². The summed E-state index contributed by atoms with van der Waals surface area (Å²) in [6, 6.07) is 17.8.